The first kappa shape index (κ1) is 22.8. The number of piperazine rings is 2. The number of benzene rings is 1. The molecule has 2 aliphatic heterocycles. The molecule has 166 valence electrons. The van der Waals surface area contributed by atoms with Crippen LogP contribution in [0.4, 0.5) is 0 Å². The molecule has 0 radical (unpaired) electrons. The topological polar surface area (TPSA) is 54.4 Å². The van der Waals surface area contributed by atoms with Crippen molar-refractivity contribution in [3.63, 3.8) is 0 Å². The van der Waals surface area contributed by atoms with Crippen molar-refractivity contribution in [2.45, 2.75) is 26.4 Å². The smallest absolute Gasteiger partial charge is 0.242 e. The normalized spacial score (nSPS) is 20.5. The monoisotopic (exact) mass is 434 g/mol. The number of nitrogens with zero attached hydrogens (tertiary/aromatic N) is 5. The van der Waals surface area contributed by atoms with Gasteiger partial charge in [0.25, 0.3) is 0 Å². The second kappa shape index (κ2) is 11.0. The highest BCUT2D eigenvalue weighted by atomic mass is 35.5. The predicted octanol–water partition coefficient (Wildman–Crippen LogP) is 1.59. The molecule has 1 atom stereocenters. The molecule has 2 saturated heterocycles. The molecular formula is C22H35ClN6O. The number of halogens is 1. The zero-order valence-electron chi connectivity index (χ0n) is 18.5. The summed E-state index contributed by atoms with van der Waals surface area (Å²) >= 11 is 5.96. The van der Waals surface area contributed by atoms with E-state index in [1.165, 1.54) is 0 Å². The molecule has 8 heteroatoms. The molecule has 0 aliphatic carbocycles. The molecule has 0 aromatic heterocycles. The third-order valence-electron chi connectivity index (χ3n) is 5.91. The summed E-state index contributed by atoms with van der Waals surface area (Å²) in [4.78, 5) is 26.5. The van der Waals surface area contributed by atoms with Crippen molar-refractivity contribution >= 4 is 23.5 Å². The fourth-order valence-electron chi connectivity index (χ4n) is 3.89. The lowest BCUT2D eigenvalue weighted by Gasteiger charge is -2.37. The average molecular weight is 435 g/mol. The molecule has 2 aliphatic rings. The second-order valence-electron chi connectivity index (χ2n) is 8.25. The van der Waals surface area contributed by atoms with Crippen LogP contribution in [0.15, 0.2) is 29.3 Å². The Morgan fingerprint density at radius 1 is 1.13 bits per heavy atom. The summed E-state index contributed by atoms with van der Waals surface area (Å²) in [5.74, 6) is 0.979. The molecule has 1 unspecified atom stereocenters. The van der Waals surface area contributed by atoms with Gasteiger partial charge in [-0.15, -0.1) is 0 Å². The number of amides is 1. The van der Waals surface area contributed by atoms with Gasteiger partial charge in [0.15, 0.2) is 5.96 Å². The summed E-state index contributed by atoms with van der Waals surface area (Å²) < 4.78 is 0. The predicted molar refractivity (Wildman–Crippen MR) is 123 cm³/mol. The summed E-state index contributed by atoms with van der Waals surface area (Å²) in [6, 6.07) is 8.10. The molecule has 1 amide bonds. The quantitative estimate of drug-likeness (QED) is 0.544. The van der Waals surface area contributed by atoms with E-state index < -0.39 is 0 Å². The summed E-state index contributed by atoms with van der Waals surface area (Å²) in [6.45, 7) is 12.7. The molecule has 0 spiro atoms. The van der Waals surface area contributed by atoms with E-state index >= 15 is 0 Å². The number of guanidine groups is 1. The molecular weight excluding hydrogens is 400 g/mol. The maximum atomic E-state index is 12.8. The van der Waals surface area contributed by atoms with Crippen molar-refractivity contribution < 1.29 is 4.79 Å². The van der Waals surface area contributed by atoms with E-state index in [2.05, 4.69) is 40.9 Å². The maximum Gasteiger partial charge on any atom is 0.242 e. The van der Waals surface area contributed by atoms with Crippen LogP contribution in [0.3, 0.4) is 0 Å². The molecule has 1 aromatic rings. The highest BCUT2D eigenvalue weighted by Crippen LogP contribution is 2.14. The molecule has 0 bridgehead atoms. The van der Waals surface area contributed by atoms with Gasteiger partial charge in [0, 0.05) is 63.4 Å². The van der Waals surface area contributed by atoms with E-state index in [1.807, 2.05) is 29.2 Å². The van der Waals surface area contributed by atoms with E-state index in [4.69, 9.17) is 16.6 Å². The van der Waals surface area contributed by atoms with Crippen LogP contribution in [0.25, 0.3) is 0 Å². The van der Waals surface area contributed by atoms with Gasteiger partial charge in [-0.05, 0) is 38.6 Å². The summed E-state index contributed by atoms with van der Waals surface area (Å²) in [5.41, 5.74) is 1.10. The largest absolute Gasteiger partial charge is 0.357 e. The van der Waals surface area contributed by atoms with Crippen molar-refractivity contribution in [2.75, 3.05) is 66.0 Å². The van der Waals surface area contributed by atoms with E-state index in [1.54, 1.807) is 0 Å². The van der Waals surface area contributed by atoms with Crippen LogP contribution in [0.2, 0.25) is 5.02 Å². The summed E-state index contributed by atoms with van der Waals surface area (Å²) in [5, 5.41) is 4.09. The average Bonchev–Trinajstić information content (AvgIpc) is 2.74. The molecule has 7 nitrogen and oxygen atoms in total. The molecule has 3 rings (SSSR count). The number of likely N-dealkylation sites (N-methyl/N-ethyl adjacent to an activating group) is 1. The zero-order chi connectivity index (χ0) is 21.5. The lowest BCUT2D eigenvalue weighted by molar-refractivity contribution is -0.135. The SMILES string of the molecule is CCNC(=NCC(C)N1CCN(C)CC1)N1CCN(Cc2ccc(Cl)cc2)C(=O)C1. The Kier molecular flexibility index (Phi) is 8.36. The Labute approximate surface area is 185 Å². The Morgan fingerprint density at radius 3 is 2.47 bits per heavy atom. The molecule has 1 aromatic carbocycles. The first-order chi connectivity index (χ1) is 14.5. The summed E-state index contributed by atoms with van der Waals surface area (Å²) in [7, 11) is 2.17. The van der Waals surface area contributed by atoms with Gasteiger partial charge in [-0.1, -0.05) is 23.7 Å². The van der Waals surface area contributed by atoms with Crippen LogP contribution in [0.1, 0.15) is 19.4 Å². The zero-order valence-corrected chi connectivity index (χ0v) is 19.2. The minimum absolute atomic E-state index is 0.133. The molecule has 2 heterocycles. The van der Waals surface area contributed by atoms with Crippen LogP contribution >= 0.6 is 11.6 Å². The van der Waals surface area contributed by atoms with Crippen LogP contribution in [-0.4, -0.2) is 103 Å². The third-order valence-corrected chi connectivity index (χ3v) is 6.16. The van der Waals surface area contributed by atoms with Crippen molar-refractivity contribution in [1.82, 2.24) is 24.9 Å². The fourth-order valence-corrected chi connectivity index (χ4v) is 4.02. The number of hydrogen-bond donors (Lipinski definition) is 1. The molecule has 1 N–H and O–H groups in total. The van der Waals surface area contributed by atoms with Gasteiger partial charge < -0.3 is 20.0 Å². The Hall–Kier alpha value is -1.83. The number of carbonyl (C=O) groups excluding carboxylic acids is 1. The molecule has 0 saturated carbocycles. The van der Waals surface area contributed by atoms with E-state index in [0.29, 0.717) is 30.7 Å². The van der Waals surface area contributed by atoms with Gasteiger partial charge in [-0.3, -0.25) is 14.7 Å². The fraction of sp³-hybridized carbons (Fsp3) is 0.636. The van der Waals surface area contributed by atoms with Crippen LogP contribution < -0.4 is 5.32 Å². The highest BCUT2D eigenvalue weighted by molar-refractivity contribution is 6.30. The van der Waals surface area contributed by atoms with E-state index in [-0.39, 0.29) is 5.91 Å². The highest BCUT2D eigenvalue weighted by Gasteiger charge is 2.26. The number of carbonyl (C=O) groups is 1. The lowest BCUT2D eigenvalue weighted by Crippen LogP contribution is -2.55. The van der Waals surface area contributed by atoms with Gasteiger partial charge in [0.2, 0.25) is 5.91 Å². The van der Waals surface area contributed by atoms with Crippen molar-refractivity contribution in [3.05, 3.63) is 34.9 Å². The van der Waals surface area contributed by atoms with Crippen LogP contribution in [0, 0.1) is 0 Å². The Bertz CT molecular complexity index is 717. The van der Waals surface area contributed by atoms with Crippen molar-refractivity contribution in [3.8, 4) is 0 Å². The van der Waals surface area contributed by atoms with E-state index in [0.717, 1.165) is 57.3 Å². The third kappa shape index (κ3) is 6.33. The van der Waals surface area contributed by atoms with Gasteiger partial charge in [0.1, 0.15) is 0 Å². The number of hydrogen-bond acceptors (Lipinski definition) is 4. The minimum Gasteiger partial charge on any atom is -0.357 e. The number of rotatable bonds is 6. The second-order valence-corrected chi connectivity index (χ2v) is 8.68. The first-order valence-electron chi connectivity index (χ1n) is 10.9. The van der Waals surface area contributed by atoms with Crippen LogP contribution in [-0.2, 0) is 11.3 Å². The molecule has 2 fully saturated rings. The number of aliphatic imine (C=N–C) groups is 1. The van der Waals surface area contributed by atoms with Crippen LogP contribution in [0.5, 0.6) is 0 Å². The van der Waals surface area contributed by atoms with Crippen molar-refractivity contribution in [1.29, 1.82) is 0 Å². The Balaban J connectivity index is 1.55. The van der Waals surface area contributed by atoms with Gasteiger partial charge in [0.05, 0.1) is 13.1 Å². The standard InChI is InChI=1S/C22H35ClN6O/c1-4-24-22(25-15-18(2)27-11-9-26(3)10-12-27)29-14-13-28(21(30)17-29)16-19-5-7-20(23)8-6-19/h5-8,18H,4,9-17H2,1-3H3,(H,24,25). The van der Waals surface area contributed by atoms with Gasteiger partial charge in [-0.25, -0.2) is 0 Å². The minimum atomic E-state index is 0.133. The maximum absolute atomic E-state index is 12.8. The van der Waals surface area contributed by atoms with Crippen molar-refractivity contribution in [2.24, 2.45) is 4.99 Å². The summed E-state index contributed by atoms with van der Waals surface area (Å²) in [6.07, 6.45) is 0. The Morgan fingerprint density at radius 2 is 1.83 bits per heavy atom. The first-order valence-corrected chi connectivity index (χ1v) is 11.3. The lowest BCUT2D eigenvalue weighted by atomic mass is 10.2. The van der Waals surface area contributed by atoms with Gasteiger partial charge in [-0.2, -0.15) is 0 Å². The number of nitrogens with one attached hydrogen (secondary N) is 1. The van der Waals surface area contributed by atoms with Gasteiger partial charge >= 0.3 is 0 Å². The van der Waals surface area contributed by atoms with E-state index in [9.17, 15) is 4.79 Å². The molecule has 30 heavy (non-hydrogen) atoms.